The predicted molar refractivity (Wildman–Crippen MR) is 163 cm³/mol. The van der Waals surface area contributed by atoms with Gasteiger partial charge < -0.3 is 13.3 Å². The van der Waals surface area contributed by atoms with Crippen molar-refractivity contribution in [3.8, 4) is 5.82 Å². The second-order valence-corrected chi connectivity index (χ2v) is 12.1. The van der Waals surface area contributed by atoms with Gasteiger partial charge in [-0.25, -0.2) is 19.3 Å². The molecule has 1 spiro atoms. The SMILES string of the molecule is C=CCn1c(=O)c2cnc(Nc3ccc4c(c3)CN(C)CC43CC3)nc2n1-c1ccc2c(n1)[C@@](C)(OI)CCC2. The van der Waals surface area contributed by atoms with Gasteiger partial charge in [0.25, 0.3) is 5.56 Å². The van der Waals surface area contributed by atoms with E-state index in [9.17, 15) is 4.79 Å². The third kappa shape index (κ3) is 4.10. The van der Waals surface area contributed by atoms with Gasteiger partial charge in [-0.2, -0.15) is 4.98 Å². The molecule has 0 bridgehead atoms. The fraction of sp³-hybridized carbons (Fsp3) is 0.400. The van der Waals surface area contributed by atoms with Gasteiger partial charge in [-0.1, -0.05) is 18.2 Å². The van der Waals surface area contributed by atoms with E-state index < -0.39 is 5.60 Å². The summed E-state index contributed by atoms with van der Waals surface area (Å²) in [5, 5.41) is 3.83. The molecule has 206 valence electrons. The number of rotatable bonds is 6. The van der Waals surface area contributed by atoms with Crippen molar-refractivity contribution < 1.29 is 3.07 Å². The van der Waals surface area contributed by atoms with E-state index in [1.54, 1.807) is 21.6 Å². The summed E-state index contributed by atoms with van der Waals surface area (Å²) >= 11 is 1.97. The van der Waals surface area contributed by atoms with Gasteiger partial charge in [0, 0.05) is 30.4 Å². The maximum Gasteiger partial charge on any atom is 0.278 e. The number of benzene rings is 1. The molecule has 7 rings (SSSR count). The van der Waals surface area contributed by atoms with Crippen LogP contribution in [0.25, 0.3) is 16.9 Å². The van der Waals surface area contributed by atoms with Crippen LogP contribution < -0.4 is 10.9 Å². The van der Waals surface area contributed by atoms with Crippen LogP contribution in [0.4, 0.5) is 11.6 Å². The van der Waals surface area contributed by atoms with Crippen molar-refractivity contribution in [3.05, 3.63) is 81.9 Å². The standard InChI is InChI=1S/C30H32IN7O2/c1-4-14-37-27(39)22-16-32-28(33-21-8-9-23-20(15-21)17-36(3)18-30(23)12-13-30)35-26(22)38(37)24-10-7-19-6-5-11-29(2,40-31)25(19)34-24/h4,7-10,15-16H,1,5-6,11-14,17-18H2,2-3H3,(H,32,33,35)/t29-/m0/s1. The Morgan fingerprint density at radius 3 is 2.80 bits per heavy atom. The molecule has 2 aliphatic carbocycles. The van der Waals surface area contributed by atoms with Crippen molar-refractivity contribution in [3.63, 3.8) is 0 Å². The van der Waals surface area contributed by atoms with E-state index >= 15 is 0 Å². The molecule has 1 aliphatic heterocycles. The number of likely N-dealkylation sites (N-methyl/N-ethyl adjacent to an activating group) is 1. The molecule has 1 N–H and O–H groups in total. The van der Waals surface area contributed by atoms with Crippen molar-refractivity contribution >= 4 is 45.7 Å². The van der Waals surface area contributed by atoms with Crippen molar-refractivity contribution in [2.45, 2.75) is 63.1 Å². The van der Waals surface area contributed by atoms with Crippen LogP contribution in [0.5, 0.6) is 0 Å². The Balaban J connectivity index is 1.32. The maximum absolute atomic E-state index is 13.4. The Bertz CT molecular complexity index is 1720. The van der Waals surface area contributed by atoms with Gasteiger partial charge >= 0.3 is 0 Å². The summed E-state index contributed by atoms with van der Waals surface area (Å²) < 4.78 is 9.29. The number of hydrogen-bond acceptors (Lipinski definition) is 7. The smallest absolute Gasteiger partial charge is 0.278 e. The molecule has 0 saturated heterocycles. The van der Waals surface area contributed by atoms with E-state index in [4.69, 9.17) is 13.0 Å². The molecule has 1 fully saturated rings. The molecule has 0 unspecified atom stereocenters. The van der Waals surface area contributed by atoms with E-state index in [2.05, 4.69) is 60.0 Å². The van der Waals surface area contributed by atoms with E-state index in [1.165, 1.54) is 29.5 Å². The molecular formula is C30H32IN7O2. The lowest BCUT2D eigenvalue weighted by molar-refractivity contribution is 0.118. The van der Waals surface area contributed by atoms with Crippen molar-refractivity contribution in [1.82, 2.24) is 29.2 Å². The number of aryl methyl sites for hydroxylation is 1. The summed E-state index contributed by atoms with van der Waals surface area (Å²) in [4.78, 5) is 30.3. The number of nitrogens with zero attached hydrogens (tertiary/aromatic N) is 6. The monoisotopic (exact) mass is 649 g/mol. The van der Waals surface area contributed by atoms with E-state index in [1.807, 2.05) is 29.1 Å². The topological polar surface area (TPSA) is 90.1 Å². The summed E-state index contributed by atoms with van der Waals surface area (Å²) in [6, 6.07) is 10.6. The molecule has 0 radical (unpaired) electrons. The van der Waals surface area contributed by atoms with Crippen LogP contribution in [0, 0.1) is 0 Å². The van der Waals surface area contributed by atoms with Crippen LogP contribution in [0.2, 0.25) is 0 Å². The maximum atomic E-state index is 13.4. The molecule has 40 heavy (non-hydrogen) atoms. The molecule has 1 atom stereocenters. The molecule has 9 nitrogen and oxygen atoms in total. The van der Waals surface area contributed by atoms with Gasteiger partial charge in [-0.3, -0.25) is 4.79 Å². The number of aromatic nitrogens is 5. The van der Waals surface area contributed by atoms with Crippen LogP contribution in [-0.2, 0) is 33.6 Å². The Kier molecular flexibility index (Phi) is 6.13. The van der Waals surface area contributed by atoms with E-state index in [0.717, 1.165) is 43.7 Å². The highest BCUT2D eigenvalue weighted by atomic mass is 127. The van der Waals surface area contributed by atoms with E-state index in [-0.39, 0.29) is 5.56 Å². The zero-order valence-electron chi connectivity index (χ0n) is 22.8. The second-order valence-electron chi connectivity index (χ2n) is 11.7. The minimum absolute atomic E-state index is 0.180. The Hall–Kier alpha value is -3.09. The highest BCUT2D eigenvalue weighted by Crippen LogP contribution is 2.52. The Morgan fingerprint density at radius 2 is 2.02 bits per heavy atom. The summed E-state index contributed by atoms with van der Waals surface area (Å²) in [5.41, 5.74) is 6.01. The average Bonchev–Trinajstić information content (AvgIpc) is 3.66. The largest absolute Gasteiger partial charge is 0.324 e. The number of pyridine rings is 1. The van der Waals surface area contributed by atoms with Gasteiger partial charge in [0.2, 0.25) is 5.95 Å². The number of anilines is 2. The first-order chi connectivity index (χ1) is 19.3. The van der Waals surface area contributed by atoms with Gasteiger partial charge in [0.05, 0.1) is 12.2 Å². The van der Waals surface area contributed by atoms with Crippen LogP contribution in [-0.4, -0.2) is 42.8 Å². The zero-order valence-corrected chi connectivity index (χ0v) is 24.9. The molecule has 0 amide bonds. The number of hydrogen-bond donors (Lipinski definition) is 1. The van der Waals surface area contributed by atoms with Crippen LogP contribution in [0.3, 0.4) is 0 Å². The number of fused-ring (bicyclic) bond motifs is 4. The second kappa shape index (κ2) is 9.49. The number of halogens is 1. The highest BCUT2D eigenvalue weighted by Gasteiger charge is 2.48. The third-order valence-electron chi connectivity index (χ3n) is 8.73. The minimum atomic E-state index is -0.488. The van der Waals surface area contributed by atoms with Gasteiger partial charge in [-0.15, -0.1) is 6.58 Å². The lowest BCUT2D eigenvalue weighted by Crippen LogP contribution is -2.35. The number of nitrogens with one attached hydrogen (secondary N) is 1. The van der Waals surface area contributed by atoms with Crippen molar-refractivity contribution in [1.29, 1.82) is 0 Å². The lowest BCUT2D eigenvalue weighted by Gasteiger charge is -2.32. The lowest BCUT2D eigenvalue weighted by atomic mass is 9.84. The number of allylic oxidation sites excluding steroid dienone is 1. The Labute approximate surface area is 247 Å². The summed E-state index contributed by atoms with van der Waals surface area (Å²) in [6.07, 6.45) is 8.72. The fourth-order valence-corrected chi connectivity index (χ4v) is 7.08. The van der Waals surface area contributed by atoms with E-state index in [0.29, 0.717) is 34.8 Å². The summed E-state index contributed by atoms with van der Waals surface area (Å²) in [6.45, 7) is 8.32. The quantitative estimate of drug-likeness (QED) is 0.224. The fourth-order valence-electron chi connectivity index (χ4n) is 6.65. The highest BCUT2D eigenvalue weighted by molar-refractivity contribution is 14.1. The molecule has 4 heterocycles. The van der Waals surface area contributed by atoms with Crippen LogP contribution >= 0.6 is 23.0 Å². The molecule has 10 heteroatoms. The first-order valence-corrected chi connectivity index (χ1v) is 14.7. The van der Waals surface area contributed by atoms with Gasteiger partial charge in [-0.05, 0) is 81.0 Å². The summed E-state index contributed by atoms with van der Waals surface area (Å²) in [5.74, 6) is 1.05. The van der Waals surface area contributed by atoms with Crippen LogP contribution in [0.15, 0.2) is 54.0 Å². The predicted octanol–water partition coefficient (Wildman–Crippen LogP) is 5.30. The summed E-state index contributed by atoms with van der Waals surface area (Å²) in [7, 11) is 2.19. The molecule has 4 aromatic rings. The molecule has 1 aromatic carbocycles. The molecule has 3 aliphatic rings. The van der Waals surface area contributed by atoms with Gasteiger partial charge in [0.1, 0.15) is 34.0 Å². The third-order valence-corrected chi connectivity index (χ3v) is 9.70. The normalized spacial score (nSPS) is 21.3. The first-order valence-electron chi connectivity index (χ1n) is 13.8. The Morgan fingerprint density at radius 1 is 1.18 bits per heavy atom. The average molecular weight is 650 g/mol. The van der Waals surface area contributed by atoms with Crippen LogP contribution in [0.1, 0.15) is 55.0 Å². The molecular weight excluding hydrogens is 617 g/mol. The molecule has 1 saturated carbocycles. The first kappa shape index (κ1) is 25.8. The minimum Gasteiger partial charge on any atom is -0.324 e. The van der Waals surface area contributed by atoms with Gasteiger partial charge in [0.15, 0.2) is 11.5 Å². The van der Waals surface area contributed by atoms with Crippen molar-refractivity contribution in [2.75, 3.05) is 18.9 Å². The zero-order chi connectivity index (χ0) is 27.6. The molecule has 3 aromatic heterocycles. The van der Waals surface area contributed by atoms with Crippen molar-refractivity contribution in [2.24, 2.45) is 0 Å².